The van der Waals surface area contributed by atoms with Gasteiger partial charge in [-0.05, 0) is 42.0 Å². The zero-order valence-corrected chi connectivity index (χ0v) is 21.6. The maximum absolute atomic E-state index is 13.4. The van der Waals surface area contributed by atoms with E-state index in [-0.39, 0.29) is 43.4 Å². The lowest BCUT2D eigenvalue weighted by Gasteiger charge is -2.09. The van der Waals surface area contributed by atoms with Gasteiger partial charge in [-0.25, -0.2) is 13.4 Å². The summed E-state index contributed by atoms with van der Waals surface area (Å²) in [5.74, 6) is -0.404. The molecule has 0 radical (unpaired) electrons. The highest BCUT2D eigenvalue weighted by molar-refractivity contribution is 7.92. The van der Waals surface area contributed by atoms with E-state index in [1.165, 1.54) is 36.4 Å². The molecule has 5 rings (SSSR count). The molecule has 0 spiro atoms. The van der Waals surface area contributed by atoms with Gasteiger partial charge in [0.2, 0.25) is 5.78 Å². The summed E-state index contributed by atoms with van der Waals surface area (Å²) in [6, 6.07) is 19.3. The van der Waals surface area contributed by atoms with Crippen LogP contribution in [0.2, 0.25) is 5.15 Å². The molecule has 5 aromatic rings. The number of nitrogens with two attached hydrogens (primary N) is 2. The van der Waals surface area contributed by atoms with E-state index in [4.69, 9.17) is 23.1 Å². The Labute approximate surface area is 225 Å². The average Bonchev–Trinajstić information content (AvgIpc) is 3.24. The van der Waals surface area contributed by atoms with Crippen LogP contribution < -0.4 is 16.2 Å². The van der Waals surface area contributed by atoms with Crippen LogP contribution in [0.1, 0.15) is 20.8 Å². The largest absolute Gasteiger partial charge is 0.397 e. The molecule has 0 saturated carbocycles. The molecule has 13 heteroatoms. The summed E-state index contributed by atoms with van der Waals surface area (Å²) in [4.78, 5) is 18.3. The normalized spacial score (nSPS) is 11.3. The number of ketones is 1. The van der Waals surface area contributed by atoms with Crippen LogP contribution in [0.3, 0.4) is 0 Å². The highest BCUT2D eigenvalue weighted by Crippen LogP contribution is 2.43. The number of halogens is 1. The third-order valence-corrected chi connectivity index (χ3v) is 8.25. The third kappa shape index (κ3) is 4.50. The van der Waals surface area contributed by atoms with Gasteiger partial charge < -0.3 is 11.5 Å². The van der Waals surface area contributed by atoms with E-state index >= 15 is 0 Å². The molecule has 0 aliphatic rings. The van der Waals surface area contributed by atoms with Gasteiger partial charge in [-0.3, -0.25) is 9.52 Å². The molecule has 38 heavy (non-hydrogen) atoms. The van der Waals surface area contributed by atoms with Crippen LogP contribution in [0.5, 0.6) is 0 Å². The lowest BCUT2D eigenvalue weighted by molar-refractivity contribution is 0.104. The molecule has 5 N–H and O–H groups in total. The summed E-state index contributed by atoms with van der Waals surface area (Å²) in [5.41, 5.74) is 14.3. The SMILES string of the molecule is N#Cc1c(N)nc2sc(C(=O)c3ccc(S(=O)(=O)Nc4ccc(Cl)nn4)cc3)c(N)c2c1-c1ccccc1. The summed E-state index contributed by atoms with van der Waals surface area (Å²) < 4.78 is 27.7. The molecule has 2 aromatic carbocycles. The Morgan fingerprint density at radius 3 is 2.34 bits per heavy atom. The smallest absolute Gasteiger partial charge is 0.263 e. The van der Waals surface area contributed by atoms with Crippen LogP contribution in [0, 0.1) is 11.3 Å². The summed E-state index contributed by atoms with van der Waals surface area (Å²) in [6.45, 7) is 0. The molecule has 0 bridgehead atoms. The number of nitriles is 1. The quantitative estimate of drug-likeness (QED) is 0.252. The van der Waals surface area contributed by atoms with Gasteiger partial charge in [0.25, 0.3) is 10.0 Å². The van der Waals surface area contributed by atoms with Crippen LogP contribution in [-0.2, 0) is 10.0 Å². The van der Waals surface area contributed by atoms with Crippen molar-refractivity contribution in [3.8, 4) is 17.2 Å². The molecule has 3 aromatic heterocycles. The number of thiophene rings is 1. The van der Waals surface area contributed by atoms with Gasteiger partial charge in [-0.15, -0.1) is 21.5 Å². The van der Waals surface area contributed by atoms with E-state index in [1.807, 2.05) is 30.3 Å². The molecule has 0 saturated heterocycles. The molecule has 0 amide bonds. The third-order valence-electron chi connectivity index (χ3n) is 5.58. The van der Waals surface area contributed by atoms with E-state index in [0.29, 0.717) is 21.3 Å². The number of nitrogen functional groups attached to an aromatic ring is 2. The number of hydrogen-bond donors (Lipinski definition) is 3. The van der Waals surface area contributed by atoms with Crippen LogP contribution >= 0.6 is 22.9 Å². The highest BCUT2D eigenvalue weighted by atomic mass is 35.5. The van der Waals surface area contributed by atoms with Gasteiger partial charge in [0.15, 0.2) is 11.0 Å². The van der Waals surface area contributed by atoms with Gasteiger partial charge in [0, 0.05) is 16.5 Å². The number of anilines is 3. The first-order chi connectivity index (χ1) is 18.2. The van der Waals surface area contributed by atoms with Crippen LogP contribution in [0.15, 0.2) is 71.6 Å². The zero-order valence-electron chi connectivity index (χ0n) is 19.2. The summed E-state index contributed by atoms with van der Waals surface area (Å²) in [5, 5.41) is 17.6. The van der Waals surface area contributed by atoms with E-state index < -0.39 is 15.8 Å². The zero-order chi connectivity index (χ0) is 27.0. The van der Waals surface area contributed by atoms with Crippen molar-refractivity contribution in [1.29, 1.82) is 5.26 Å². The summed E-state index contributed by atoms with van der Waals surface area (Å²) >= 11 is 6.73. The van der Waals surface area contributed by atoms with Crippen molar-refractivity contribution in [1.82, 2.24) is 15.2 Å². The second-order valence-electron chi connectivity index (χ2n) is 7.95. The molecule has 0 aliphatic carbocycles. The average molecular weight is 562 g/mol. The number of carbonyl (C=O) groups is 1. The first-order valence-corrected chi connectivity index (χ1v) is 13.5. The Hall–Kier alpha value is -4.57. The minimum atomic E-state index is -3.99. The molecule has 10 nitrogen and oxygen atoms in total. The molecule has 0 fully saturated rings. The monoisotopic (exact) mass is 561 g/mol. The van der Waals surface area contributed by atoms with Crippen LogP contribution in [0.4, 0.5) is 17.3 Å². The summed E-state index contributed by atoms with van der Waals surface area (Å²) in [6.07, 6.45) is 0. The van der Waals surface area contributed by atoms with Crippen LogP contribution in [-0.4, -0.2) is 29.4 Å². The van der Waals surface area contributed by atoms with Gasteiger partial charge in [0.1, 0.15) is 27.2 Å². The standard InChI is InChI=1S/C25H16ClN7O3S2/c26-17-10-11-18(32-31-17)33-38(35,36)15-8-6-14(7-9-15)22(34)23-21(28)20-19(13-4-2-1-3-5-13)16(12-27)24(29)30-25(20)37-23/h1-11H,28H2,(H2,29,30)(H,32,33). The number of sulfonamides is 1. The van der Waals surface area contributed by atoms with Crippen molar-refractivity contribution in [2.75, 3.05) is 16.2 Å². The number of carbonyl (C=O) groups excluding carboxylic acids is 1. The predicted octanol–water partition coefficient (Wildman–Crippen LogP) is 4.47. The number of benzene rings is 2. The fourth-order valence-corrected chi connectivity index (χ4v) is 6.00. The maximum Gasteiger partial charge on any atom is 0.263 e. The van der Waals surface area contributed by atoms with Gasteiger partial charge in [-0.1, -0.05) is 41.9 Å². The second-order valence-corrected chi connectivity index (χ2v) is 11.0. The van der Waals surface area contributed by atoms with Crippen molar-refractivity contribution < 1.29 is 13.2 Å². The Morgan fingerprint density at radius 2 is 1.71 bits per heavy atom. The number of fused-ring (bicyclic) bond motifs is 1. The number of hydrogen-bond acceptors (Lipinski definition) is 10. The molecule has 0 atom stereocenters. The first-order valence-electron chi connectivity index (χ1n) is 10.8. The Kier molecular flexibility index (Phi) is 6.41. The van der Waals surface area contributed by atoms with Gasteiger partial charge in [-0.2, -0.15) is 5.26 Å². The van der Waals surface area contributed by atoms with Crippen molar-refractivity contribution in [3.63, 3.8) is 0 Å². The Bertz CT molecular complexity index is 1850. The number of nitrogens with one attached hydrogen (secondary N) is 1. The molecular weight excluding hydrogens is 546 g/mol. The maximum atomic E-state index is 13.4. The fraction of sp³-hybridized carbons (Fsp3) is 0. The summed E-state index contributed by atoms with van der Waals surface area (Å²) in [7, 11) is -3.99. The lowest BCUT2D eigenvalue weighted by Crippen LogP contribution is -2.14. The van der Waals surface area contributed by atoms with Crippen molar-refractivity contribution in [3.05, 3.63) is 87.9 Å². The fourth-order valence-electron chi connectivity index (χ4n) is 3.83. The van der Waals surface area contributed by atoms with Crippen molar-refractivity contribution >= 4 is 66.3 Å². The number of pyridine rings is 1. The number of nitrogens with zero attached hydrogens (tertiary/aromatic N) is 4. The molecule has 0 unspecified atom stereocenters. The first kappa shape index (κ1) is 25.1. The topological polar surface area (TPSA) is 178 Å². The second kappa shape index (κ2) is 9.71. The van der Waals surface area contributed by atoms with Crippen molar-refractivity contribution in [2.45, 2.75) is 4.90 Å². The van der Waals surface area contributed by atoms with Gasteiger partial charge >= 0.3 is 0 Å². The Morgan fingerprint density at radius 1 is 1.00 bits per heavy atom. The predicted molar refractivity (Wildman–Crippen MR) is 146 cm³/mol. The molecule has 3 heterocycles. The Balaban J connectivity index is 1.52. The van der Waals surface area contributed by atoms with E-state index in [1.54, 1.807) is 0 Å². The molecular formula is C25H16ClN7O3S2. The minimum absolute atomic E-state index is 0.00895. The number of aromatic nitrogens is 3. The molecule has 188 valence electrons. The minimum Gasteiger partial charge on any atom is -0.397 e. The van der Waals surface area contributed by atoms with E-state index in [9.17, 15) is 18.5 Å². The van der Waals surface area contributed by atoms with E-state index in [0.717, 1.165) is 11.3 Å². The molecule has 0 aliphatic heterocycles. The van der Waals surface area contributed by atoms with Gasteiger partial charge in [0.05, 0.1) is 10.6 Å². The van der Waals surface area contributed by atoms with Crippen LogP contribution in [0.25, 0.3) is 21.3 Å². The highest BCUT2D eigenvalue weighted by Gasteiger charge is 2.25. The lowest BCUT2D eigenvalue weighted by atomic mass is 9.97. The van der Waals surface area contributed by atoms with Crippen molar-refractivity contribution in [2.24, 2.45) is 0 Å². The number of rotatable bonds is 6. The van der Waals surface area contributed by atoms with E-state index in [2.05, 4.69) is 26.0 Å².